The van der Waals surface area contributed by atoms with Crippen LogP contribution in [-0.2, 0) is 0 Å². The van der Waals surface area contributed by atoms with Crippen molar-refractivity contribution in [1.82, 2.24) is 4.98 Å². The summed E-state index contributed by atoms with van der Waals surface area (Å²) in [7, 11) is 0. The van der Waals surface area contributed by atoms with Crippen molar-refractivity contribution in [2.75, 3.05) is 0 Å². The Labute approximate surface area is 128 Å². The molecule has 0 saturated carbocycles. The van der Waals surface area contributed by atoms with E-state index in [2.05, 4.69) is 31.0 Å². The molecule has 0 aliphatic rings. The number of non-ortho nitro benzene ring substituents is 1. The van der Waals surface area contributed by atoms with Crippen molar-refractivity contribution < 1.29 is 4.92 Å². The van der Waals surface area contributed by atoms with Gasteiger partial charge >= 0.3 is 0 Å². The number of fused-ring (bicyclic) bond motifs is 1. The fourth-order valence-corrected chi connectivity index (χ4v) is 2.56. The highest BCUT2D eigenvalue weighted by atomic mass is 16.6. The van der Waals surface area contributed by atoms with Crippen molar-refractivity contribution in [2.24, 2.45) is 0 Å². The summed E-state index contributed by atoms with van der Waals surface area (Å²) < 4.78 is 0. The van der Waals surface area contributed by atoms with Crippen LogP contribution in [-0.4, -0.2) is 9.91 Å². The predicted octanol–water partition coefficient (Wildman–Crippen LogP) is 4.93. The van der Waals surface area contributed by atoms with E-state index in [1.54, 1.807) is 18.3 Å². The fraction of sp³-hybridized carbons (Fsp3) is 0.167. The summed E-state index contributed by atoms with van der Waals surface area (Å²) in [6.45, 7) is 4.27. The van der Waals surface area contributed by atoms with Gasteiger partial charge in [-0.15, -0.1) is 0 Å². The number of rotatable bonds is 3. The number of nitrogens with zero attached hydrogens (tertiary/aromatic N) is 2. The lowest BCUT2D eigenvalue weighted by Crippen LogP contribution is -1.93. The summed E-state index contributed by atoms with van der Waals surface area (Å²) in [6.07, 6.45) is 1.75. The molecule has 0 spiro atoms. The molecule has 2 aromatic carbocycles. The normalized spacial score (nSPS) is 11.0. The summed E-state index contributed by atoms with van der Waals surface area (Å²) >= 11 is 0. The average Bonchev–Trinajstić information content (AvgIpc) is 2.53. The van der Waals surface area contributed by atoms with Crippen LogP contribution in [0.2, 0.25) is 0 Å². The van der Waals surface area contributed by atoms with Crippen molar-refractivity contribution in [3.05, 3.63) is 70.4 Å². The molecule has 3 rings (SSSR count). The Morgan fingerprint density at radius 3 is 2.64 bits per heavy atom. The van der Waals surface area contributed by atoms with Gasteiger partial charge in [0.2, 0.25) is 0 Å². The first-order chi connectivity index (χ1) is 10.6. The molecule has 0 saturated heterocycles. The molecule has 1 aromatic heterocycles. The van der Waals surface area contributed by atoms with E-state index in [4.69, 9.17) is 0 Å². The maximum absolute atomic E-state index is 11.0. The number of benzene rings is 2. The van der Waals surface area contributed by atoms with E-state index in [1.165, 1.54) is 11.6 Å². The maximum atomic E-state index is 11.0. The van der Waals surface area contributed by atoms with Crippen LogP contribution >= 0.6 is 0 Å². The van der Waals surface area contributed by atoms with Crippen molar-refractivity contribution in [2.45, 2.75) is 19.8 Å². The van der Waals surface area contributed by atoms with Gasteiger partial charge in [0.1, 0.15) is 0 Å². The van der Waals surface area contributed by atoms with Gasteiger partial charge in [0, 0.05) is 29.3 Å². The molecular formula is C18H16N2O2. The van der Waals surface area contributed by atoms with E-state index in [-0.39, 0.29) is 10.6 Å². The van der Waals surface area contributed by atoms with E-state index in [9.17, 15) is 10.1 Å². The molecule has 0 N–H and O–H groups in total. The fourth-order valence-electron chi connectivity index (χ4n) is 2.56. The zero-order valence-electron chi connectivity index (χ0n) is 12.5. The highest BCUT2D eigenvalue weighted by Gasteiger charge is 2.12. The zero-order chi connectivity index (χ0) is 15.7. The molecular weight excluding hydrogens is 276 g/mol. The van der Waals surface area contributed by atoms with Gasteiger partial charge in [0.05, 0.1) is 10.4 Å². The first-order valence-corrected chi connectivity index (χ1v) is 7.20. The molecule has 0 atom stereocenters. The molecule has 0 amide bonds. The smallest absolute Gasteiger partial charge is 0.258 e. The van der Waals surface area contributed by atoms with Crippen LogP contribution in [0.25, 0.3) is 22.0 Å². The SMILES string of the molecule is CC(C)c1cc(-c2cccc([N+](=O)[O-])c2)c2ncccc2c1. The first-order valence-electron chi connectivity index (χ1n) is 7.20. The Kier molecular flexibility index (Phi) is 3.59. The highest BCUT2D eigenvalue weighted by Crippen LogP contribution is 2.32. The number of pyridine rings is 1. The summed E-state index contributed by atoms with van der Waals surface area (Å²) in [5, 5.41) is 12.1. The minimum atomic E-state index is -0.370. The second-order valence-corrected chi connectivity index (χ2v) is 5.61. The Bertz CT molecular complexity index is 857. The molecule has 3 aromatic rings. The predicted molar refractivity (Wildman–Crippen MR) is 87.9 cm³/mol. The monoisotopic (exact) mass is 292 g/mol. The molecule has 4 nitrogen and oxygen atoms in total. The van der Waals surface area contributed by atoms with Crippen molar-refractivity contribution in [1.29, 1.82) is 0 Å². The zero-order valence-corrected chi connectivity index (χ0v) is 12.5. The van der Waals surface area contributed by atoms with Crippen LogP contribution in [0.3, 0.4) is 0 Å². The lowest BCUT2D eigenvalue weighted by atomic mass is 9.94. The van der Waals surface area contributed by atoms with Gasteiger partial charge in [-0.05, 0) is 35.2 Å². The van der Waals surface area contributed by atoms with Gasteiger partial charge in [0.25, 0.3) is 5.69 Å². The summed E-state index contributed by atoms with van der Waals surface area (Å²) in [4.78, 5) is 15.1. The molecule has 0 aliphatic heterocycles. The summed E-state index contributed by atoms with van der Waals surface area (Å²) in [5.41, 5.74) is 3.91. The van der Waals surface area contributed by atoms with Crippen LogP contribution in [0.5, 0.6) is 0 Å². The molecule has 0 aliphatic carbocycles. The number of nitro benzene ring substituents is 1. The largest absolute Gasteiger partial charge is 0.270 e. The van der Waals surface area contributed by atoms with Gasteiger partial charge in [-0.25, -0.2) is 0 Å². The second-order valence-electron chi connectivity index (χ2n) is 5.61. The van der Waals surface area contributed by atoms with Crippen molar-refractivity contribution >= 4 is 16.6 Å². The molecule has 0 unspecified atom stereocenters. The maximum Gasteiger partial charge on any atom is 0.270 e. The van der Waals surface area contributed by atoms with Crippen molar-refractivity contribution in [3.8, 4) is 11.1 Å². The van der Waals surface area contributed by atoms with Crippen LogP contribution < -0.4 is 0 Å². The molecule has 0 fully saturated rings. The number of aromatic nitrogens is 1. The van der Waals surface area contributed by atoms with Crippen LogP contribution in [0.15, 0.2) is 54.7 Å². The number of nitro groups is 1. The van der Waals surface area contributed by atoms with E-state index in [1.807, 2.05) is 18.2 Å². The molecule has 110 valence electrons. The summed E-state index contributed by atoms with van der Waals surface area (Å²) in [5.74, 6) is 0.377. The number of hydrogen-bond acceptors (Lipinski definition) is 3. The minimum absolute atomic E-state index is 0.0940. The van der Waals surface area contributed by atoms with Crippen LogP contribution in [0.4, 0.5) is 5.69 Å². The molecule has 22 heavy (non-hydrogen) atoms. The van der Waals surface area contributed by atoms with Gasteiger partial charge in [-0.1, -0.05) is 32.0 Å². The van der Waals surface area contributed by atoms with Crippen LogP contribution in [0.1, 0.15) is 25.3 Å². The molecule has 0 radical (unpaired) electrons. The van der Waals surface area contributed by atoms with Gasteiger partial charge in [-0.2, -0.15) is 0 Å². The van der Waals surface area contributed by atoms with Crippen molar-refractivity contribution in [3.63, 3.8) is 0 Å². The minimum Gasteiger partial charge on any atom is -0.258 e. The Morgan fingerprint density at radius 1 is 1.09 bits per heavy atom. The van der Waals surface area contributed by atoms with Gasteiger partial charge in [0.15, 0.2) is 0 Å². The number of hydrogen-bond donors (Lipinski definition) is 0. The second kappa shape index (κ2) is 5.56. The van der Waals surface area contributed by atoms with E-state index >= 15 is 0 Å². The van der Waals surface area contributed by atoms with Crippen LogP contribution in [0, 0.1) is 10.1 Å². The summed E-state index contributed by atoms with van der Waals surface area (Å²) in [6, 6.07) is 14.9. The Hall–Kier alpha value is -2.75. The molecule has 1 heterocycles. The third kappa shape index (κ3) is 2.55. The van der Waals surface area contributed by atoms with E-state index in [0.29, 0.717) is 5.92 Å². The third-order valence-corrected chi connectivity index (χ3v) is 3.76. The van der Waals surface area contributed by atoms with Gasteiger partial charge < -0.3 is 0 Å². The topological polar surface area (TPSA) is 56.0 Å². The standard InChI is InChI=1S/C18H16N2O2/c1-12(2)15-9-14-6-4-8-19-18(14)17(11-15)13-5-3-7-16(10-13)20(21)22/h3-12H,1-2H3. The van der Waals surface area contributed by atoms with E-state index in [0.717, 1.165) is 22.0 Å². The first kappa shape index (κ1) is 14.2. The third-order valence-electron chi connectivity index (χ3n) is 3.76. The van der Waals surface area contributed by atoms with E-state index < -0.39 is 0 Å². The average molecular weight is 292 g/mol. The lowest BCUT2D eigenvalue weighted by Gasteiger charge is -2.12. The molecule has 0 bridgehead atoms. The van der Waals surface area contributed by atoms with Gasteiger partial charge in [-0.3, -0.25) is 15.1 Å². The quantitative estimate of drug-likeness (QED) is 0.508. The highest BCUT2D eigenvalue weighted by molar-refractivity contribution is 5.94. The Morgan fingerprint density at radius 2 is 1.91 bits per heavy atom. The Balaban J connectivity index is 2.29. The molecule has 4 heteroatoms. The lowest BCUT2D eigenvalue weighted by molar-refractivity contribution is -0.384.